The van der Waals surface area contributed by atoms with Gasteiger partial charge in [0, 0.05) is 0 Å². The van der Waals surface area contributed by atoms with E-state index in [-0.39, 0.29) is 16.2 Å². The number of benzene rings is 1. The summed E-state index contributed by atoms with van der Waals surface area (Å²) in [5.74, 6) is -2.61. The Labute approximate surface area is 87.8 Å². The smallest absolute Gasteiger partial charge is 0.357 e. The number of aromatic carboxylic acids is 1. The van der Waals surface area contributed by atoms with Gasteiger partial charge in [-0.2, -0.15) is 0 Å². The number of halogens is 2. The standard InChI is InChI=1S/C9H6F2N2O3/c1-16-5-3-2-4-6(7(5)10)8(9(14)15)12-13(4)11/h2-3H,1H3,(H,14,15). The number of carbonyl (C=O) groups is 1. The zero-order valence-electron chi connectivity index (χ0n) is 8.07. The van der Waals surface area contributed by atoms with Crippen LogP contribution in [0, 0.1) is 5.82 Å². The second kappa shape index (κ2) is 3.44. The third-order valence-corrected chi connectivity index (χ3v) is 2.13. The fraction of sp³-hybridized carbons (Fsp3) is 0.111. The fourth-order valence-electron chi connectivity index (χ4n) is 1.42. The molecule has 1 N–H and O–H groups in total. The lowest BCUT2D eigenvalue weighted by molar-refractivity contribution is 0.0688. The van der Waals surface area contributed by atoms with Crippen molar-refractivity contribution in [3.05, 3.63) is 23.6 Å². The first kappa shape index (κ1) is 10.3. The summed E-state index contributed by atoms with van der Waals surface area (Å²) in [4.78, 5) is 10.6. The van der Waals surface area contributed by atoms with Crippen LogP contribution in [-0.2, 0) is 0 Å². The van der Waals surface area contributed by atoms with E-state index in [1.54, 1.807) is 0 Å². The minimum absolute atomic E-state index is 0.164. The number of carboxylic acids is 1. The summed E-state index contributed by atoms with van der Waals surface area (Å²) in [7, 11) is 1.23. The molecule has 5 nitrogen and oxygen atoms in total. The van der Waals surface area contributed by atoms with Gasteiger partial charge in [0.2, 0.25) is 0 Å². The molecule has 0 amide bonds. The second-order valence-corrected chi connectivity index (χ2v) is 2.99. The summed E-state index contributed by atoms with van der Waals surface area (Å²) < 4.78 is 31.5. The number of aromatic nitrogens is 2. The summed E-state index contributed by atoms with van der Waals surface area (Å²) in [5.41, 5.74) is -0.940. The number of carboxylic acid groups (broad SMARTS) is 1. The van der Waals surface area contributed by atoms with Crippen LogP contribution in [0.4, 0.5) is 8.87 Å². The lowest BCUT2D eigenvalue weighted by atomic mass is 10.2. The van der Waals surface area contributed by atoms with Gasteiger partial charge in [0.25, 0.3) is 0 Å². The summed E-state index contributed by atoms with van der Waals surface area (Å²) in [6, 6.07) is 2.39. The highest BCUT2D eigenvalue weighted by molar-refractivity contribution is 6.01. The van der Waals surface area contributed by atoms with Gasteiger partial charge in [0.15, 0.2) is 17.3 Å². The molecule has 0 atom stereocenters. The topological polar surface area (TPSA) is 64.3 Å². The molecule has 0 aliphatic carbocycles. The van der Waals surface area contributed by atoms with Gasteiger partial charge in [-0.05, 0) is 12.1 Å². The highest BCUT2D eigenvalue weighted by atomic mass is 19.2. The average Bonchev–Trinajstić information content (AvgIpc) is 2.58. The Balaban J connectivity index is 2.89. The van der Waals surface area contributed by atoms with E-state index in [0.717, 1.165) is 0 Å². The van der Waals surface area contributed by atoms with Crippen LogP contribution in [0.1, 0.15) is 10.5 Å². The largest absolute Gasteiger partial charge is 0.494 e. The van der Waals surface area contributed by atoms with Crippen molar-refractivity contribution in [2.75, 3.05) is 7.11 Å². The monoisotopic (exact) mass is 228 g/mol. The maximum Gasteiger partial charge on any atom is 0.357 e. The predicted octanol–water partition coefficient (Wildman–Crippen LogP) is 1.61. The molecule has 0 aliphatic heterocycles. The van der Waals surface area contributed by atoms with E-state index in [9.17, 15) is 13.7 Å². The SMILES string of the molecule is COc1ccc2c(c(C(=O)O)nn2F)c1F. The molecule has 7 heteroatoms. The average molecular weight is 228 g/mol. The molecule has 2 rings (SSSR count). The van der Waals surface area contributed by atoms with Gasteiger partial charge in [0.05, 0.1) is 12.5 Å². The summed E-state index contributed by atoms with van der Waals surface area (Å²) >= 11 is 0. The van der Waals surface area contributed by atoms with Crippen molar-refractivity contribution in [3.8, 4) is 5.75 Å². The van der Waals surface area contributed by atoms with Crippen molar-refractivity contribution in [1.82, 2.24) is 10.0 Å². The molecule has 16 heavy (non-hydrogen) atoms. The Hall–Kier alpha value is -2.18. The molecule has 0 radical (unpaired) electrons. The summed E-state index contributed by atoms with van der Waals surface area (Å²) in [6.45, 7) is 0. The maximum atomic E-state index is 13.7. The molecule has 2 aromatic rings. The van der Waals surface area contributed by atoms with Crippen LogP contribution in [0.25, 0.3) is 10.9 Å². The van der Waals surface area contributed by atoms with Crippen LogP contribution in [-0.4, -0.2) is 28.2 Å². The lowest BCUT2D eigenvalue weighted by Crippen LogP contribution is -1.99. The molecule has 84 valence electrons. The molecule has 1 aromatic heterocycles. The van der Waals surface area contributed by atoms with E-state index in [1.807, 2.05) is 0 Å². The minimum atomic E-state index is -1.51. The predicted molar refractivity (Wildman–Crippen MR) is 49.7 cm³/mol. The molecule has 1 heterocycles. The maximum absolute atomic E-state index is 13.7. The number of rotatable bonds is 2. The van der Waals surface area contributed by atoms with E-state index < -0.39 is 22.9 Å². The Morgan fingerprint density at radius 2 is 2.25 bits per heavy atom. The molecular formula is C9H6F2N2O3. The number of hydrogen-bond donors (Lipinski definition) is 1. The van der Waals surface area contributed by atoms with Crippen molar-refractivity contribution in [2.24, 2.45) is 0 Å². The zero-order chi connectivity index (χ0) is 11.9. The van der Waals surface area contributed by atoms with Gasteiger partial charge in [-0.25, -0.2) is 9.18 Å². The normalized spacial score (nSPS) is 10.7. The minimum Gasteiger partial charge on any atom is -0.494 e. The van der Waals surface area contributed by atoms with Crippen molar-refractivity contribution >= 4 is 16.9 Å². The highest BCUT2D eigenvalue weighted by Crippen LogP contribution is 2.28. The summed E-state index contributed by atoms with van der Waals surface area (Å²) in [6.07, 6.45) is 0. The molecule has 0 unspecified atom stereocenters. The number of ether oxygens (including phenoxy) is 1. The van der Waals surface area contributed by atoms with Gasteiger partial charge in [-0.1, -0.05) is 9.39 Å². The van der Waals surface area contributed by atoms with Crippen molar-refractivity contribution in [3.63, 3.8) is 0 Å². The van der Waals surface area contributed by atoms with E-state index in [2.05, 4.69) is 9.84 Å². The van der Waals surface area contributed by atoms with E-state index >= 15 is 0 Å². The van der Waals surface area contributed by atoms with Crippen molar-refractivity contribution < 1.29 is 23.5 Å². The van der Waals surface area contributed by atoms with Crippen molar-refractivity contribution in [1.29, 1.82) is 0 Å². The van der Waals surface area contributed by atoms with E-state index in [4.69, 9.17) is 5.11 Å². The molecule has 0 aliphatic rings. The third-order valence-electron chi connectivity index (χ3n) is 2.13. The Morgan fingerprint density at radius 3 is 2.81 bits per heavy atom. The molecule has 0 bridgehead atoms. The van der Waals surface area contributed by atoms with Crippen LogP contribution >= 0.6 is 0 Å². The molecule has 0 fully saturated rings. The Morgan fingerprint density at radius 1 is 1.56 bits per heavy atom. The first-order valence-corrected chi connectivity index (χ1v) is 4.21. The third kappa shape index (κ3) is 1.28. The molecular weight excluding hydrogens is 222 g/mol. The van der Waals surface area contributed by atoms with Crippen LogP contribution in [0.15, 0.2) is 12.1 Å². The van der Waals surface area contributed by atoms with Gasteiger partial charge < -0.3 is 9.84 Å². The van der Waals surface area contributed by atoms with Crippen LogP contribution < -0.4 is 4.74 Å². The fourth-order valence-corrected chi connectivity index (χ4v) is 1.42. The molecule has 1 aromatic carbocycles. The number of methoxy groups -OCH3 is 1. The number of nitrogens with zero attached hydrogens (tertiary/aromatic N) is 2. The number of hydrogen-bond acceptors (Lipinski definition) is 3. The lowest BCUT2D eigenvalue weighted by Gasteiger charge is -2.01. The van der Waals surface area contributed by atoms with Gasteiger partial charge in [-0.15, -0.1) is 5.10 Å². The first-order chi connectivity index (χ1) is 7.56. The van der Waals surface area contributed by atoms with Gasteiger partial charge in [0.1, 0.15) is 5.52 Å². The summed E-state index contributed by atoms with van der Waals surface area (Å²) in [5, 5.41) is 11.4. The zero-order valence-corrected chi connectivity index (χ0v) is 8.07. The van der Waals surface area contributed by atoms with Gasteiger partial charge in [-0.3, -0.25) is 0 Å². The highest BCUT2D eigenvalue weighted by Gasteiger charge is 2.22. The van der Waals surface area contributed by atoms with Gasteiger partial charge >= 0.3 is 5.97 Å². The van der Waals surface area contributed by atoms with E-state index in [0.29, 0.717) is 0 Å². The second-order valence-electron chi connectivity index (χ2n) is 2.99. The molecule has 0 saturated heterocycles. The molecule has 0 saturated carbocycles. The number of fused-ring (bicyclic) bond motifs is 1. The Kier molecular flexibility index (Phi) is 2.22. The Bertz CT molecular complexity index is 580. The molecule has 0 spiro atoms. The van der Waals surface area contributed by atoms with E-state index in [1.165, 1.54) is 19.2 Å². The van der Waals surface area contributed by atoms with Crippen molar-refractivity contribution in [2.45, 2.75) is 0 Å². The van der Waals surface area contributed by atoms with Crippen LogP contribution in [0.2, 0.25) is 0 Å². The van der Waals surface area contributed by atoms with Crippen LogP contribution in [0.5, 0.6) is 5.75 Å². The first-order valence-electron chi connectivity index (χ1n) is 4.21. The quantitative estimate of drug-likeness (QED) is 0.848. The van der Waals surface area contributed by atoms with Crippen LogP contribution in [0.3, 0.4) is 0 Å².